The van der Waals surface area contributed by atoms with Crippen LogP contribution in [0.4, 0.5) is 5.69 Å². The summed E-state index contributed by atoms with van der Waals surface area (Å²) in [5.41, 5.74) is 1.78. The molecule has 0 heterocycles. The minimum Gasteiger partial charge on any atom is -0.494 e. The second kappa shape index (κ2) is 7.98. The molecule has 0 aliphatic heterocycles. The molecule has 0 fully saturated rings. The van der Waals surface area contributed by atoms with E-state index in [1.54, 1.807) is 12.1 Å². The molecular formula is C21H24N2O3S. The minimum atomic E-state index is -3.68. The van der Waals surface area contributed by atoms with Crippen LogP contribution in [0.3, 0.4) is 0 Å². The molecule has 0 spiro atoms. The molecule has 3 aromatic rings. The molecule has 0 bridgehead atoms. The lowest BCUT2D eigenvalue weighted by atomic mass is 10.1. The molecule has 0 unspecified atom stereocenters. The van der Waals surface area contributed by atoms with Crippen molar-refractivity contribution in [3.8, 4) is 5.75 Å². The van der Waals surface area contributed by atoms with Crippen LogP contribution in [0.1, 0.15) is 12.5 Å². The van der Waals surface area contributed by atoms with E-state index < -0.39 is 10.0 Å². The second-order valence-electron chi connectivity index (χ2n) is 6.39. The van der Waals surface area contributed by atoms with Gasteiger partial charge in [0.2, 0.25) is 10.0 Å². The number of rotatable bonds is 7. The molecule has 3 aromatic carbocycles. The van der Waals surface area contributed by atoms with Gasteiger partial charge in [0, 0.05) is 42.7 Å². The van der Waals surface area contributed by atoms with Crippen LogP contribution in [0.5, 0.6) is 5.75 Å². The van der Waals surface area contributed by atoms with Crippen LogP contribution in [-0.4, -0.2) is 29.1 Å². The van der Waals surface area contributed by atoms with Crippen molar-refractivity contribution in [3.63, 3.8) is 0 Å². The first-order chi connectivity index (χ1) is 12.9. The fourth-order valence-electron chi connectivity index (χ4n) is 3.09. The van der Waals surface area contributed by atoms with Crippen molar-refractivity contribution in [1.29, 1.82) is 0 Å². The van der Waals surface area contributed by atoms with E-state index in [1.807, 2.05) is 74.4 Å². The summed E-state index contributed by atoms with van der Waals surface area (Å²) in [5.74, 6) is 0.690. The molecule has 5 nitrogen and oxygen atoms in total. The average molecular weight is 385 g/mol. The zero-order valence-corrected chi connectivity index (χ0v) is 16.6. The van der Waals surface area contributed by atoms with Crippen LogP contribution >= 0.6 is 0 Å². The quantitative estimate of drug-likeness (QED) is 0.673. The number of benzene rings is 3. The largest absolute Gasteiger partial charge is 0.494 e. The van der Waals surface area contributed by atoms with Crippen molar-refractivity contribution in [2.75, 3.05) is 25.6 Å². The normalized spacial score (nSPS) is 11.5. The number of fused-ring (bicyclic) bond motifs is 1. The molecule has 1 N–H and O–H groups in total. The molecule has 0 amide bonds. The Kier molecular flexibility index (Phi) is 5.68. The maximum Gasteiger partial charge on any atom is 0.241 e. The van der Waals surface area contributed by atoms with Gasteiger partial charge in [-0.05, 0) is 25.1 Å². The van der Waals surface area contributed by atoms with Crippen LogP contribution in [-0.2, 0) is 16.6 Å². The van der Waals surface area contributed by atoms with Gasteiger partial charge in [-0.15, -0.1) is 0 Å². The van der Waals surface area contributed by atoms with E-state index in [2.05, 4.69) is 4.72 Å². The fraction of sp³-hybridized carbons (Fsp3) is 0.238. The van der Waals surface area contributed by atoms with Crippen molar-refractivity contribution in [3.05, 3.63) is 66.2 Å². The third kappa shape index (κ3) is 4.07. The monoisotopic (exact) mass is 384 g/mol. The van der Waals surface area contributed by atoms with Crippen LogP contribution in [0.25, 0.3) is 10.8 Å². The highest BCUT2D eigenvalue weighted by Crippen LogP contribution is 2.30. The van der Waals surface area contributed by atoms with Gasteiger partial charge in [0.1, 0.15) is 5.75 Å². The first-order valence-corrected chi connectivity index (χ1v) is 10.3. The molecule has 0 radical (unpaired) electrons. The van der Waals surface area contributed by atoms with Crippen molar-refractivity contribution in [2.45, 2.75) is 18.4 Å². The van der Waals surface area contributed by atoms with E-state index >= 15 is 0 Å². The van der Waals surface area contributed by atoms with Crippen LogP contribution < -0.4 is 14.4 Å². The highest BCUT2D eigenvalue weighted by molar-refractivity contribution is 7.89. The summed E-state index contributed by atoms with van der Waals surface area (Å²) >= 11 is 0. The van der Waals surface area contributed by atoms with Gasteiger partial charge in [-0.3, -0.25) is 0 Å². The Balaban J connectivity index is 1.95. The van der Waals surface area contributed by atoms with Gasteiger partial charge in [0.15, 0.2) is 0 Å². The van der Waals surface area contributed by atoms with Crippen molar-refractivity contribution >= 4 is 26.5 Å². The molecular weight excluding hydrogens is 360 g/mol. The lowest BCUT2D eigenvalue weighted by Gasteiger charge is -2.17. The number of nitrogens with zero attached hydrogens (tertiary/aromatic N) is 1. The summed E-state index contributed by atoms with van der Waals surface area (Å²) in [6.07, 6.45) is 0. The summed E-state index contributed by atoms with van der Waals surface area (Å²) in [5, 5.41) is 1.61. The topological polar surface area (TPSA) is 58.6 Å². The third-order valence-corrected chi connectivity index (χ3v) is 5.81. The smallest absolute Gasteiger partial charge is 0.241 e. The molecule has 0 aliphatic rings. The van der Waals surface area contributed by atoms with E-state index in [9.17, 15) is 8.42 Å². The second-order valence-corrected chi connectivity index (χ2v) is 8.12. The van der Waals surface area contributed by atoms with Gasteiger partial charge >= 0.3 is 0 Å². The molecule has 27 heavy (non-hydrogen) atoms. The van der Waals surface area contributed by atoms with Crippen molar-refractivity contribution < 1.29 is 13.2 Å². The molecule has 3 rings (SSSR count). The number of ether oxygens (including phenoxy) is 1. The first kappa shape index (κ1) is 19.2. The van der Waals surface area contributed by atoms with Crippen LogP contribution in [0, 0.1) is 0 Å². The van der Waals surface area contributed by atoms with Gasteiger partial charge in [-0.1, -0.05) is 42.5 Å². The van der Waals surface area contributed by atoms with E-state index in [1.165, 1.54) is 0 Å². The Morgan fingerprint density at radius 1 is 0.926 bits per heavy atom. The molecule has 0 saturated carbocycles. The number of para-hydroxylation sites is 1. The molecule has 142 valence electrons. The predicted molar refractivity (Wildman–Crippen MR) is 110 cm³/mol. The Morgan fingerprint density at radius 2 is 1.63 bits per heavy atom. The molecule has 0 atom stereocenters. The Morgan fingerprint density at radius 3 is 2.37 bits per heavy atom. The van der Waals surface area contributed by atoms with E-state index in [0.29, 0.717) is 17.7 Å². The lowest BCUT2D eigenvalue weighted by molar-refractivity contribution is 0.336. The number of hydrogen-bond acceptors (Lipinski definition) is 4. The Hall–Kier alpha value is -2.57. The highest BCUT2D eigenvalue weighted by atomic mass is 32.2. The highest BCUT2D eigenvalue weighted by Gasteiger charge is 2.19. The maximum atomic E-state index is 13.0. The van der Waals surface area contributed by atoms with E-state index in [-0.39, 0.29) is 11.4 Å². The minimum absolute atomic E-state index is 0.169. The number of hydrogen-bond donors (Lipinski definition) is 1. The lowest BCUT2D eigenvalue weighted by Crippen LogP contribution is -2.24. The van der Waals surface area contributed by atoms with Gasteiger partial charge in [0.05, 0.1) is 11.5 Å². The van der Waals surface area contributed by atoms with Crippen molar-refractivity contribution in [2.24, 2.45) is 0 Å². The average Bonchev–Trinajstić information content (AvgIpc) is 2.66. The SMILES string of the molecule is CCOc1ccccc1CNS(=O)(=O)c1cccc2c(N(C)C)cccc12. The van der Waals surface area contributed by atoms with Crippen LogP contribution in [0.15, 0.2) is 65.6 Å². The molecule has 0 aliphatic carbocycles. The van der Waals surface area contributed by atoms with E-state index in [4.69, 9.17) is 4.74 Å². The summed E-state index contributed by atoms with van der Waals surface area (Å²) in [6.45, 7) is 2.60. The molecule has 0 aromatic heterocycles. The summed E-state index contributed by atoms with van der Waals surface area (Å²) in [4.78, 5) is 2.25. The molecule has 6 heteroatoms. The zero-order chi connectivity index (χ0) is 19.4. The van der Waals surface area contributed by atoms with Crippen LogP contribution in [0.2, 0.25) is 0 Å². The fourth-order valence-corrected chi connectivity index (χ4v) is 4.31. The third-order valence-electron chi connectivity index (χ3n) is 4.36. The van der Waals surface area contributed by atoms with Gasteiger partial charge in [-0.2, -0.15) is 0 Å². The Labute approximate surface area is 160 Å². The van der Waals surface area contributed by atoms with Gasteiger partial charge in [0.25, 0.3) is 0 Å². The standard InChI is InChI=1S/C21H24N2O3S/c1-4-26-20-13-6-5-9-16(20)15-22-27(24,25)21-14-8-10-17-18(21)11-7-12-19(17)23(2)3/h5-14,22H,4,15H2,1-3H3. The number of anilines is 1. The summed E-state index contributed by atoms with van der Waals surface area (Å²) in [6, 6.07) is 18.5. The first-order valence-electron chi connectivity index (χ1n) is 8.83. The summed E-state index contributed by atoms with van der Waals surface area (Å²) in [7, 11) is 0.203. The summed E-state index contributed by atoms with van der Waals surface area (Å²) < 4.78 is 34.3. The maximum absolute atomic E-state index is 13.0. The Bertz CT molecular complexity index is 1050. The van der Waals surface area contributed by atoms with Crippen molar-refractivity contribution in [1.82, 2.24) is 4.72 Å². The van der Waals surface area contributed by atoms with Gasteiger partial charge < -0.3 is 9.64 Å². The zero-order valence-electron chi connectivity index (χ0n) is 15.8. The number of nitrogens with one attached hydrogen (secondary N) is 1. The van der Waals surface area contributed by atoms with Gasteiger partial charge in [-0.25, -0.2) is 13.1 Å². The molecule has 0 saturated heterocycles. The predicted octanol–water partition coefficient (Wildman–Crippen LogP) is 3.78. The van der Waals surface area contributed by atoms with E-state index in [0.717, 1.165) is 16.6 Å². The number of sulfonamides is 1.